The van der Waals surface area contributed by atoms with Crippen LogP contribution in [0.5, 0.6) is 0 Å². The molecule has 0 bridgehead atoms. The molecule has 156 valence electrons. The fourth-order valence-corrected chi connectivity index (χ4v) is 4.43. The van der Waals surface area contributed by atoms with Crippen LogP contribution in [0.1, 0.15) is 17.5 Å². The van der Waals surface area contributed by atoms with E-state index in [9.17, 15) is 9.59 Å². The van der Waals surface area contributed by atoms with Crippen molar-refractivity contribution in [1.29, 1.82) is 0 Å². The summed E-state index contributed by atoms with van der Waals surface area (Å²) in [5.41, 5.74) is 3.95. The third-order valence-corrected chi connectivity index (χ3v) is 6.08. The SMILES string of the molecule is O=C(/C=C/c1ccccc1)Nc1cccc(SCC(=O)N2CCCc3ccccc32)c1. The van der Waals surface area contributed by atoms with Crippen molar-refractivity contribution in [3.8, 4) is 0 Å². The molecule has 0 spiro atoms. The van der Waals surface area contributed by atoms with Crippen LogP contribution in [0.3, 0.4) is 0 Å². The molecule has 2 amide bonds. The highest BCUT2D eigenvalue weighted by atomic mass is 32.2. The zero-order chi connectivity index (χ0) is 21.5. The molecule has 1 aliphatic heterocycles. The molecule has 0 unspecified atom stereocenters. The standard InChI is InChI=1S/C26H24N2O2S/c29-25(16-15-20-8-2-1-3-9-20)27-22-12-6-13-23(18-22)31-19-26(30)28-17-7-11-21-10-4-5-14-24(21)28/h1-6,8-10,12-16,18H,7,11,17,19H2,(H,27,29)/b16-15+. The lowest BCUT2D eigenvalue weighted by molar-refractivity contribution is -0.116. The van der Waals surface area contributed by atoms with Gasteiger partial charge in [0.25, 0.3) is 0 Å². The highest BCUT2D eigenvalue weighted by Crippen LogP contribution is 2.28. The van der Waals surface area contributed by atoms with Crippen LogP contribution in [0.15, 0.2) is 89.8 Å². The largest absolute Gasteiger partial charge is 0.322 e. The zero-order valence-electron chi connectivity index (χ0n) is 17.2. The number of carbonyl (C=O) groups is 2. The summed E-state index contributed by atoms with van der Waals surface area (Å²) in [7, 11) is 0. The second-order valence-electron chi connectivity index (χ2n) is 7.33. The van der Waals surface area contributed by atoms with E-state index in [4.69, 9.17) is 0 Å². The van der Waals surface area contributed by atoms with Crippen molar-refractivity contribution >= 4 is 41.0 Å². The minimum Gasteiger partial charge on any atom is -0.322 e. The molecule has 0 saturated carbocycles. The van der Waals surface area contributed by atoms with Crippen LogP contribution in [0.25, 0.3) is 6.08 Å². The van der Waals surface area contributed by atoms with E-state index >= 15 is 0 Å². The molecule has 1 heterocycles. The van der Waals surface area contributed by atoms with Gasteiger partial charge in [-0.15, -0.1) is 11.8 Å². The van der Waals surface area contributed by atoms with Gasteiger partial charge in [0.15, 0.2) is 0 Å². The number of nitrogens with one attached hydrogen (secondary N) is 1. The lowest BCUT2D eigenvalue weighted by Gasteiger charge is -2.29. The van der Waals surface area contributed by atoms with E-state index < -0.39 is 0 Å². The van der Waals surface area contributed by atoms with E-state index in [1.165, 1.54) is 23.4 Å². The van der Waals surface area contributed by atoms with Crippen LogP contribution >= 0.6 is 11.8 Å². The smallest absolute Gasteiger partial charge is 0.248 e. The van der Waals surface area contributed by atoms with Gasteiger partial charge in [-0.05, 0) is 54.3 Å². The van der Waals surface area contributed by atoms with Gasteiger partial charge in [-0.3, -0.25) is 9.59 Å². The molecular formula is C26H24N2O2S. The van der Waals surface area contributed by atoms with Crippen molar-refractivity contribution in [1.82, 2.24) is 0 Å². The highest BCUT2D eigenvalue weighted by Gasteiger charge is 2.21. The number of hydrogen-bond acceptors (Lipinski definition) is 3. The summed E-state index contributed by atoms with van der Waals surface area (Å²) in [6, 6.07) is 25.4. The number of nitrogens with zero attached hydrogens (tertiary/aromatic N) is 1. The van der Waals surface area contributed by atoms with Crippen molar-refractivity contribution in [2.24, 2.45) is 0 Å². The minimum atomic E-state index is -0.188. The molecule has 0 fully saturated rings. The maximum Gasteiger partial charge on any atom is 0.248 e. The number of anilines is 2. The average Bonchev–Trinajstić information content (AvgIpc) is 2.82. The third kappa shape index (κ3) is 5.64. The molecule has 3 aromatic carbocycles. The molecule has 0 aliphatic carbocycles. The number of amides is 2. The van der Waals surface area contributed by atoms with Gasteiger partial charge in [-0.2, -0.15) is 0 Å². The molecule has 0 radical (unpaired) electrons. The first-order valence-electron chi connectivity index (χ1n) is 10.3. The Labute approximate surface area is 187 Å². The molecule has 31 heavy (non-hydrogen) atoms. The summed E-state index contributed by atoms with van der Waals surface area (Å²) in [4.78, 5) is 27.9. The molecule has 0 saturated heterocycles. The van der Waals surface area contributed by atoms with Crippen LogP contribution < -0.4 is 10.2 Å². The summed E-state index contributed by atoms with van der Waals surface area (Å²) >= 11 is 1.49. The molecule has 5 heteroatoms. The van der Waals surface area contributed by atoms with E-state index in [0.717, 1.165) is 35.5 Å². The van der Waals surface area contributed by atoms with Crippen molar-refractivity contribution in [2.75, 3.05) is 22.5 Å². The lowest BCUT2D eigenvalue weighted by atomic mass is 10.0. The molecule has 4 rings (SSSR count). The van der Waals surface area contributed by atoms with Crippen molar-refractivity contribution < 1.29 is 9.59 Å². The number of hydrogen-bond donors (Lipinski definition) is 1. The first kappa shape index (κ1) is 20.9. The van der Waals surface area contributed by atoms with Crippen LogP contribution in [0, 0.1) is 0 Å². The fraction of sp³-hybridized carbons (Fsp3) is 0.154. The van der Waals surface area contributed by atoms with Crippen molar-refractivity contribution in [3.05, 3.63) is 96.1 Å². The average molecular weight is 429 g/mol. The Kier molecular flexibility index (Phi) is 6.85. The topological polar surface area (TPSA) is 49.4 Å². The summed E-state index contributed by atoms with van der Waals surface area (Å²) in [6.07, 6.45) is 5.31. The first-order chi connectivity index (χ1) is 15.2. The number of para-hydroxylation sites is 1. The van der Waals surface area contributed by atoms with Gasteiger partial charge in [0.05, 0.1) is 5.75 Å². The molecule has 0 atom stereocenters. The third-order valence-electron chi connectivity index (χ3n) is 5.10. The van der Waals surface area contributed by atoms with Gasteiger partial charge in [0.2, 0.25) is 11.8 Å². The Bertz CT molecular complexity index is 1100. The number of carbonyl (C=O) groups excluding carboxylic acids is 2. The molecule has 4 nitrogen and oxygen atoms in total. The Morgan fingerprint density at radius 3 is 2.65 bits per heavy atom. The molecule has 1 N–H and O–H groups in total. The molecular weight excluding hydrogens is 404 g/mol. The number of fused-ring (bicyclic) bond motifs is 1. The summed E-state index contributed by atoms with van der Waals surface area (Å²) in [5, 5.41) is 2.88. The van der Waals surface area contributed by atoms with E-state index in [2.05, 4.69) is 11.4 Å². The Morgan fingerprint density at radius 2 is 1.77 bits per heavy atom. The van der Waals surface area contributed by atoms with E-state index in [1.807, 2.05) is 77.7 Å². The fourth-order valence-electron chi connectivity index (χ4n) is 3.60. The summed E-state index contributed by atoms with van der Waals surface area (Å²) < 4.78 is 0. The molecule has 3 aromatic rings. The Hall–Kier alpha value is -3.31. The van der Waals surface area contributed by atoms with E-state index in [-0.39, 0.29) is 11.8 Å². The van der Waals surface area contributed by atoms with Crippen molar-refractivity contribution in [3.63, 3.8) is 0 Å². The second kappa shape index (κ2) is 10.1. The normalized spacial score (nSPS) is 13.1. The predicted octanol–water partition coefficient (Wildman–Crippen LogP) is 5.41. The second-order valence-corrected chi connectivity index (χ2v) is 8.38. The van der Waals surface area contributed by atoms with Gasteiger partial charge < -0.3 is 10.2 Å². The number of thioether (sulfide) groups is 1. The van der Waals surface area contributed by atoms with Gasteiger partial charge in [-0.1, -0.05) is 54.6 Å². The van der Waals surface area contributed by atoms with Gasteiger partial charge in [0.1, 0.15) is 0 Å². The highest BCUT2D eigenvalue weighted by molar-refractivity contribution is 8.00. The van der Waals surface area contributed by atoms with Gasteiger partial charge >= 0.3 is 0 Å². The number of aryl methyl sites for hydroxylation is 1. The molecule has 0 aromatic heterocycles. The van der Waals surface area contributed by atoms with E-state index in [1.54, 1.807) is 6.08 Å². The summed E-state index contributed by atoms with van der Waals surface area (Å²) in [5.74, 6) is 0.281. The monoisotopic (exact) mass is 428 g/mol. The zero-order valence-corrected chi connectivity index (χ0v) is 18.0. The van der Waals surface area contributed by atoms with E-state index in [0.29, 0.717) is 11.4 Å². The van der Waals surface area contributed by atoms with Gasteiger partial charge in [-0.25, -0.2) is 0 Å². The Morgan fingerprint density at radius 1 is 0.968 bits per heavy atom. The van der Waals surface area contributed by atoms with Crippen LogP contribution in [-0.4, -0.2) is 24.1 Å². The van der Waals surface area contributed by atoms with Crippen molar-refractivity contribution in [2.45, 2.75) is 17.7 Å². The number of rotatable bonds is 6. The molecule has 1 aliphatic rings. The van der Waals surface area contributed by atoms with Crippen LogP contribution in [0.2, 0.25) is 0 Å². The minimum absolute atomic E-state index is 0.109. The lowest BCUT2D eigenvalue weighted by Crippen LogP contribution is -2.36. The number of benzene rings is 3. The Balaban J connectivity index is 1.34. The summed E-state index contributed by atoms with van der Waals surface area (Å²) in [6.45, 7) is 0.764. The predicted molar refractivity (Wildman–Crippen MR) is 128 cm³/mol. The maximum atomic E-state index is 12.8. The first-order valence-corrected chi connectivity index (χ1v) is 11.3. The van der Waals surface area contributed by atoms with Crippen LogP contribution in [0.4, 0.5) is 11.4 Å². The van der Waals surface area contributed by atoms with Crippen LogP contribution in [-0.2, 0) is 16.0 Å². The van der Waals surface area contributed by atoms with Gasteiger partial charge in [0, 0.05) is 28.9 Å². The quantitative estimate of drug-likeness (QED) is 0.422. The maximum absolute atomic E-state index is 12.8.